The zero-order valence-corrected chi connectivity index (χ0v) is 21.3. The molecule has 0 bridgehead atoms. The highest BCUT2D eigenvalue weighted by Crippen LogP contribution is 2.48. The molecule has 2 amide bonds. The van der Waals surface area contributed by atoms with Crippen LogP contribution in [-0.4, -0.2) is 76.6 Å². The number of allylic oxidation sites excluding steroid dienone is 3. The number of ketones is 1. The topological polar surface area (TPSA) is 125 Å². The van der Waals surface area contributed by atoms with Crippen molar-refractivity contribution >= 4 is 17.6 Å². The van der Waals surface area contributed by atoms with E-state index in [0.29, 0.717) is 38.6 Å². The summed E-state index contributed by atoms with van der Waals surface area (Å²) in [7, 11) is 0. The van der Waals surface area contributed by atoms with E-state index >= 15 is 0 Å². The molecule has 3 aliphatic carbocycles. The van der Waals surface area contributed by atoms with Gasteiger partial charge in [0.2, 0.25) is 11.8 Å². The third kappa shape index (κ3) is 5.27. The lowest BCUT2D eigenvalue weighted by atomic mass is 9.85. The van der Waals surface area contributed by atoms with Crippen LogP contribution in [0.15, 0.2) is 53.8 Å². The van der Waals surface area contributed by atoms with E-state index in [2.05, 4.69) is 24.4 Å². The predicted molar refractivity (Wildman–Crippen MR) is 137 cm³/mol. The van der Waals surface area contributed by atoms with Gasteiger partial charge in [-0.15, -0.1) is 0 Å². The summed E-state index contributed by atoms with van der Waals surface area (Å²) in [5.41, 5.74) is 7.19. The summed E-state index contributed by atoms with van der Waals surface area (Å²) in [5.74, 6) is -0.466. The molecule has 2 saturated carbocycles. The average Bonchev–Trinajstić information content (AvgIpc) is 3.59. The summed E-state index contributed by atoms with van der Waals surface area (Å²) in [6.07, 6.45) is 7.09. The Balaban J connectivity index is 1.26. The third-order valence-corrected chi connectivity index (χ3v) is 8.21. The Morgan fingerprint density at radius 2 is 2.00 bits per heavy atom. The van der Waals surface area contributed by atoms with Crippen molar-refractivity contribution in [2.24, 2.45) is 17.6 Å². The van der Waals surface area contributed by atoms with Crippen molar-refractivity contribution in [3.05, 3.63) is 59.3 Å². The van der Waals surface area contributed by atoms with Crippen molar-refractivity contribution in [1.82, 2.24) is 15.1 Å². The third-order valence-electron chi connectivity index (χ3n) is 8.21. The number of nitrogens with one attached hydrogen (secondary N) is 1. The lowest BCUT2D eigenvalue weighted by molar-refractivity contribution is -0.135. The largest absolute Gasteiger partial charge is 0.394 e. The van der Waals surface area contributed by atoms with Gasteiger partial charge in [0.05, 0.1) is 18.8 Å². The maximum absolute atomic E-state index is 13.5. The second kappa shape index (κ2) is 10.5. The van der Waals surface area contributed by atoms with E-state index in [9.17, 15) is 14.4 Å². The van der Waals surface area contributed by atoms with Crippen LogP contribution < -0.4 is 11.1 Å². The molecule has 1 spiro atoms. The molecule has 1 aliphatic heterocycles. The fourth-order valence-corrected chi connectivity index (χ4v) is 5.84. The molecule has 4 atom stereocenters. The Labute approximate surface area is 217 Å². The smallest absolute Gasteiger partial charge is 0.243 e. The maximum Gasteiger partial charge on any atom is 0.243 e. The van der Waals surface area contributed by atoms with Gasteiger partial charge in [0.15, 0.2) is 5.78 Å². The first-order valence-electron chi connectivity index (χ1n) is 13.1. The normalized spacial score (nSPS) is 26.9. The van der Waals surface area contributed by atoms with Gasteiger partial charge in [-0.25, -0.2) is 0 Å². The number of nitrogens with two attached hydrogens (primary N) is 1. The van der Waals surface area contributed by atoms with E-state index in [0.717, 1.165) is 11.1 Å². The molecule has 198 valence electrons. The number of ether oxygens (including phenoxy) is 1. The fraction of sp³-hybridized carbons (Fsp3) is 0.536. The van der Waals surface area contributed by atoms with Crippen LogP contribution in [0.4, 0.5) is 0 Å². The molecule has 0 aromatic heterocycles. The Bertz CT molecular complexity index is 1110. The van der Waals surface area contributed by atoms with Crippen LogP contribution in [0, 0.1) is 11.8 Å². The Morgan fingerprint density at radius 3 is 2.70 bits per heavy atom. The number of nitrogens with zero attached hydrogens (tertiary/aromatic N) is 2. The van der Waals surface area contributed by atoms with Gasteiger partial charge in [-0.2, -0.15) is 0 Å². The van der Waals surface area contributed by atoms with Crippen molar-refractivity contribution in [3.63, 3.8) is 0 Å². The molecule has 1 aromatic carbocycles. The van der Waals surface area contributed by atoms with Crippen molar-refractivity contribution in [2.45, 2.75) is 56.8 Å². The first kappa shape index (κ1) is 25.8. The maximum atomic E-state index is 13.5. The van der Waals surface area contributed by atoms with Gasteiger partial charge in [-0.05, 0) is 55.7 Å². The number of amides is 2. The van der Waals surface area contributed by atoms with Gasteiger partial charge < -0.3 is 25.8 Å². The summed E-state index contributed by atoms with van der Waals surface area (Å²) >= 11 is 0. The summed E-state index contributed by atoms with van der Waals surface area (Å²) < 4.78 is 6.29. The molecular weight excluding hydrogens is 472 g/mol. The molecule has 1 heterocycles. The molecule has 1 aromatic rings. The number of fused-ring (bicyclic) bond motifs is 2. The van der Waals surface area contributed by atoms with Crippen LogP contribution in [0.5, 0.6) is 0 Å². The minimum absolute atomic E-state index is 0.0947. The number of carbonyl (C=O) groups is 3. The molecule has 0 radical (unpaired) electrons. The minimum Gasteiger partial charge on any atom is -0.394 e. The van der Waals surface area contributed by atoms with Crippen LogP contribution in [0.1, 0.15) is 38.2 Å². The van der Waals surface area contributed by atoms with E-state index in [1.165, 1.54) is 12.8 Å². The second-order valence-electron chi connectivity index (χ2n) is 10.8. The number of hydrogen-bond acceptors (Lipinski definition) is 7. The zero-order valence-electron chi connectivity index (χ0n) is 21.3. The molecule has 9 heteroatoms. The summed E-state index contributed by atoms with van der Waals surface area (Å²) in [6, 6.07) is 9.21. The summed E-state index contributed by atoms with van der Waals surface area (Å²) in [5, 5.41) is 11.6. The Kier molecular flexibility index (Phi) is 7.31. The van der Waals surface area contributed by atoms with Crippen molar-refractivity contribution in [2.75, 3.05) is 26.4 Å². The minimum atomic E-state index is -1.08. The lowest BCUT2D eigenvalue weighted by Gasteiger charge is -2.31. The Morgan fingerprint density at radius 1 is 1.24 bits per heavy atom. The van der Waals surface area contributed by atoms with Gasteiger partial charge in [0.25, 0.3) is 0 Å². The Hall–Kier alpha value is -2.85. The van der Waals surface area contributed by atoms with Crippen molar-refractivity contribution < 1.29 is 24.2 Å². The van der Waals surface area contributed by atoms with Crippen LogP contribution in [0.25, 0.3) is 0 Å². The number of hydrogen-bond donors (Lipinski definition) is 3. The standard InChI is InChI=1S/C28H36N4O5/c1-18(20-7-8-20)32(13-19-5-3-2-4-6-19)25(34)14-31-16-28(37-17-31)12-11-21-22(28)9-10-24(26(21)35)30-27(36)23(29)15-33/h2-6,9-10,18,20-21,23,33H,7-8,11-17,29H2,1H3,(H,30,36). The molecule has 5 rings (SSSR count). The van der Waals surface area contributed by atoms with E-state index in [-0.39, 0.29) is 35.9 Å². The molecule has 3 fully saturated rings. The van der Waals surface area contributed by atoms with E-state index in [4.69, 9.17) is 15.6 Å². The highest BCUT2D eigenvalue weighted by molar-refractivity contribution is 6.04. The van der Waals surface area contributed by atoms with Crippen molar-refractivity contribution in [1.29, 1.82) is 0 Å². The zero-order chi connectivity index (χ0) is 26.2. The highest BCUT2D eigenvalue weighted by atomic mass is 16.5. The molecule has 4 aliphatic rings. The van der Waals surface area contributed by atoms with E-state index in [1.807, 2.05) is 34.1 Å². The number of Topliss-reactive ketones (excluding diaryl/α,β-unsaturated/α-hetero) is 1. The molecule has 1 saturated heterocycles. The summed E-state index contributed by atoms with van der Waals surface area (Å²) in [6.45, 7) is 3.41. The van der Waals surface area contributed by atoms with E-state index in [1.54, 1.807) is 6.08 Å². The van der Waals surface area contributed by atoms with Crippen molar-refractivity contribution in [3.8, 4) is 0 Å². The monoisotopic (exact) mass is 508 g/mol. The van der Waals surface area contributed by atoms with Crippen LogP contribution in [0.2, 0.25) is 0 Å². The quantitative estimate of drug-likeness (QED) is 0.456. The number of carbonyl (C=O) groups excluding carboxylic acids is 3. The molecule has 37 heavy (non-hydrogen) atoms. The van der Waals surface area contributed by atoms with Gasteiger partial charge in [0.1, 0.15) is 18.4 Å². The lowest BCUT2D eigenvalue weighted by Crippen LogP contribution is -2.46. The first-order chi connectivity index (χ1) is 17.8. The SMILES string of the molecule is CC(C1CC1)N(Cc1ccccc1)C(=O)CN1COC2(CCC3C(=O)C(NC(=O)C(N)CO)=CC=C32)C1. The van der Waals surface area contributed by atoms with Gasteiger partial charge in [-0.1, -0.05) is 36.4 Å². The van der Waals surface area contributed by atoms with Crippen LogP contribution >= 0.6 is 0 Å². The number of aliphatic hydroxyl groups is 1. The molecular formula is C28H36N4O5. The van der Waals surface area contributed by atoms with Gasteiger partial charge in [-0.3, -0.25) is 19.3 Å². The first-order valence-corrected chi connectivity index (χ1v) is 13.1. The molecule has 4 unspecified atom stereocenters. The van der Waals surface area contributed by atoms with Gasteiger partial charge >= 0.3 is 0 Å². The molecule has 4 N–H and O–H groups in total. The number of aliphatic hydroxyl groups excluding tert-OH is 1. The van der Waals surface area contributed by atoms with Crippen LogP contribution in [0.3, 0.4) is 0 Å². The number of rotatable bonds is 9. The highest BCUT2D eigenvalue weighted by Gasteiger charge is 2.53. The van der Waals surface area contributed by atoms with E-state index < -0.39 is 24.2 Å². The van der Waals surface area contributed by atoms with Gasteiger partial charge in [0, 0.05) is 25.0 Å². The molecule has 9 nitrogen and oxygen atoms in total. The second-order valence-corrected chi connectivity index (χ2v) is 10.8. The summed E-state index contributed by atoms with van der Waals surface area (Å²) in [4.78, 5) is 42.7. The predicted octanol–water partition coefficient (Wildman–Crippen LogP) is 1.08. The van der Waals surface area contributed by atoms with Crippen LogP contribution in [-0.2, 0) is 25.7 Å². The average molecular weight is 509 g/mol. The fourth-order valence-electron chi connectivity index (χ4n) is 5.84. The number of benzene rings is 1.